The number of ketones is 2. The average molecular weight is 391 g/mol. The smallest absolute Gasteiger partial charge is 0.242 e. The van der Waals surface area contributed by atoms with E-state index >= 15 is 0 Å². The Bertz CT molecular complexity index is 861. The molecule has 7 heteroatoms. The van der Waals surface area contributed by atoms with Gasteiger partial charge in [0.1, 0.15) is 0 Å². The molecule has 0 spiro atoms. The van der Waals surface area contributed by atoms with Gasteiger partial charge in [-0.05, 0) is 36.5 Å². The highest BCUT2D eigenvalue weighted by atomic mass is 32.2. The quantitative estimate of drug-likeness (QED) is 0.796. The molecule has 1 N–H and O–H groups in total. The fourth-order valence-electron chi connectivity index (χ4n) is 4.04. The zero-order valence-electron chi connectivity index (χ0n) is 15.7. The maximum atomic E-state index is 12.7. The summed E-state index contributed by atoms with van der Waals surface area (Å²) < 4.78 is 25.5. The Kier molecular flexibility index (Phi) is 5.25. The van der Waals surface area contributed by atoms with Gasteiger partial charge in [-0.3, -0.25) is 14.4 Å². The number of carbonyl (C=O) groups excluding carboxylic acids is 3. The number of benzene rings is 1. The fourth-order valence-corrected chi connectivity index (χ4v) is 5.94. The predicted molar refractivity (Wildman–Crippen MR) is 101 cm³/mol. The maximum absolute atomic E-state index is 12.7. The van der Waals surface area contributed by atoms with Crippen molar-refractivity contribution in [1.82, 2.24) is 0 Å². The van der Waals surface area contributed by atoms with Crippen LogP contribution in [0.2, 0.25) is 0 Å². The predicted octanol–water partition coefficient (Wildman–Crippen LogP) is 2.92. The van der Waals surface area contributed by atoms with Crippen LogP contribution in [0.5, 0.6) is 0 Å². The van der Waals surface area contributed by atoms with E-state index in [1.165, 1.54) is 12.1 Å². The Labute approximate surface area is 159 Å². The van der Waals surface area contributed by atoms with E-state index in [4.69, 9.17) is 0 Å². The highest BCUT2D eigenvalue weighted by molar-refractivity contribution is 7.92. The molecule has 0 aromatic heterocycles. The van der Waals surface area contributed by atoms with Crippen LogP contribution in [0.25, 0.3) is 0 Å². The molecule has 2 aliphatic carbocycles. The van der Waals surface area contributed by atoms with Crippen LogP contribution in [-0.4, -0.2) is 31.1 Å². The zero-order valence-corrected chi connectivity index (χ0v) is 16.5. The molecule has 0 unspecified atom stereocenters. The van der Waals surface area contributed by atoms with Crippen LogP contribution in [0.4, 0.5) is 5.69 Å². The van der Waals surface area contributed by atoms with Crippen molar-refractivity contribution >= 4 is 33.0 Å². The van der Waals surface area contributed by atoms with Gasteiger partial charge < -0.3 is 5.32 Å². The molecule has 0 heterocycles. The molecule has 3 rings (SSSR count). The Morgan fingerprint density at radius 1 is 1.07 bits per heavy atom. The van der Waals surface area contributed by atoms with Gasteiger partial charge in [0, 0.05) is 18.5 Å². The summed E-state index contributed by atoms with van der Waals surface area (Å²) in [6, 6.07) is 6.05. The van der Waals surface area contributed by atoms with Crippen LogP contribution in [0.1, 0.15) is 52.4 Å². The van der Waals surface area contributed by atoms with Gasteiger partial charge in [0.05, 0.1) is 10.1 Å². The normalized spacial score (nSPS) is 21.4. The summed E-state index contributed by atoms with van der Waals surface area (Å²) >= 11 is 0. The molecule has 2 aliphatic rings. The number of sulfone groups is 1. The standard InChI is InChI=1S/C20H25NO5S/c1-20(2)11-16(22)18(17(23)12-20)19(24)21-13-6-5-9-15(10-13)27(25,26)14-7-3-4-8-14/h5-6,9-10,14,18H,3-4,7-8,11-12H2,1-2H3,(H,21,24). The van der Waals surface area contributed by atoms with Gasteiger partial charge in [0.15, 0.2) is 27.3 Å². The van der Waals surface area contributed by atoms with Crippen molar-refractivity contribution < 1.29 is 22.8 Å². The SMILES string of the molecule is CC1(C)CC(=O)C(C(=O)Nc2cccc(S(=O)(=O)C3CCCC3)c2)C(=O)C1. The van der Waals surface area contributed by atoms with Crippen molar-refractivity contribution in [3.05, 3.63) is 24.3 Å². The topological polar surface area (TPSA) is 97.4 Å². The number of nitrogens with one attached hydrogen (secondary N) is 1. The van der Waals surface area contributed by atoms with Gasteiger partial charge in [-0.1, -0.05) is 32.8 Å². The largest absolute Gasteiger partial charge is 0.325 e. The van der Waals surface area contributed by atoms with Crippen molar-refractivity contribution in [1.29, 1.82) is 0 Å². The Hall–Kier alpha value is -2.02. The van der Waals surface area contributed by atoms with Gasteiger partial charge >= 0.3 is 0 Å². The summed E-state index contributed by atoms with van der Waals surface area (Å²) in [5, 5.41) is 2.18. The van der Waals surface area contributed by atoms with E-state index < -0.39 is 27.1 Å². The van der Waals surface area contributed by atoms with E-state index in [1.807, 2.05) is 13.8 Å². The second-order valence-corrected chi connectivity index (χ2v) is 10.6. The van der Waals surface area contributed by atoms with Crippen LogP contribution in [0.3, 0.4) is 0 Å². The summed E-state index contributed by atoms with van der Waals surface area (Å²) in [7, 11) is -3.44. The van der Waals surface area contributed by atoms with Gasteiger partial charge in [0.2, 0.25) is 5.91 Å². The summed E-state index contributed by atoms with van der Waals surface area (Å²) in [6.07, 6.45) is 3.46. The van der Waals surface area contributed by atoms with Crippen LogP contribution in [-0.2, 0) is 24.2 Å². The lowest BCUT2D eigenvalue weighted by atomic mass is 9.71. The van der Waals surface area contributed by atoms with E-state index in [0.717, 1.165) is 12.8 Å². The minimum absolute atomic E-state index is 0.162. The first-order valence-electron chi connectivity index (χ1n) is 9.30. The molecular weight excluding hydrogens is 366 g/mol. The average Bonchev–Trinajstić information content (AvgIpc) is 3.08. The van der Waals surface area contributed by atoms with Crippen molar-refractivity contribution in [3.63, 3.8) is 0 Å². The number of anilines is 1. The first kappa shape index (κ1) is 19.7. The molecule has 6 nitrogen and oxygen atoms in total. The number of hydrogen-bond donors (Lipinski definition) is 1. The minimum Gasteiger partial charge on any atom is -0.325 e. The number of hydrogen-bond acceptors (Lipinski definition) is 5. The molecular formula is C20H25NO5S. The monoisotopic (exact) mass is 391 g/mol. The van der Waals surface area contributed by atoms with Gasteiger partial charge in [-0.15, -0.1) is 0 Å². The summed E-state index contributed by atoms with van der Waals surface area (Å²) in [6.45, 7) is 3.66. The van der Waals surface area contributed by atoms with Crippen molar-refractivity contribution in [2.24, 2.45) is 11.3 Å². The van der Waals surface area contributed by atoms with E-state index in [-0.39, 0.29) is 40.2 Å². The van der Waals surface area contributed by atoms with Crippen molar-refractivity contribution in [2.45, 2.75) is 62.5 Å². The second-order valence-electron chi connectivity index (χ2n) is 8.35. The third-order valence-corrected chi connectivity index (χ3v) is 7.64. The van der Waals surface area contributed by atoms with Crippen LogP contribution >= 0.6 is 0 Å². The zero-order chi connectivity index (χ0) is 19.8. The van der Waals surface area contributed by atoms with Crippen LogP contribution < -0.4 is 5.32 Å². The lowest BCUT2D eigenvalue weighted by molar-refractivity contribution is -0.144. The minimum atomic E-state index is -3.44. The third kappa shape index (κ3) is 4.13. The van der Waals surface area contributed by atoms with E-state index in [0.29, 0.717) is 12.8 Å². The van der Waals surface area contributed by atoms with Crippen molar-refractivity contribution in [2.75, 3.05) is 5.32 Å². The summed E-state index contributed by atoms with van der Waals surface area (Å²) in [5.41, 5.74) is -0.148. The molecule has 0 aliphatic heterocycles. The number of amides is 1. The molecule has 0 bridgehead atoms. The highest BCUT2D eigenvalue weighted by Crippen LogP contribution is 2.35. The molecule has 146 valence electrons. The second kappa shape index (κ2) is 7.19. The Morgan fingerprint density at radius 3 is 2.26 bits per heavy atom. The lowest BCUT2D eigenvalue weighted by Gasteiger charge is -2.31. The van der Waals surface area contributed by atoms with Gasteiger partial charge in [-0.25, -0.2) is 8.42 Å². The van der Waals surface area contributed by atoms with E-state index in [9.17, 15) is 22.8 Å². The van der Waals surface area contributed by atoms with Gasteiger partial charge in [-0.2, -0.15) is 0 Å². The molecule has 1 aromatic carbocycles. The third-order valence-electron chi connectivity index (χ3n) is 5.38. The summed E-state index contributed by atoms with van der Waals surface area (Å²) in [4.78, 5) is 37.2. The van der Waals surface area contributed by atoms with E-state index in [1.54, 1.807) is 12.1 Å². The first-order valence-corrected chi connectivity index (χ1v) is 10.8. The van der Waals surface area contributed by atoms with Gasteiger partial charge in [0.25, 0.3) is 0 Å². The van der Waals surface area contributed by atoms with E-state index in [2.05, 4.69) is 5.32 Å². The van der Waals surface area contributed by atoms with Crippen molar-refractivity contribution in [3.8, 4) is 0 Å². The fraction of sp³-hybridized carbons (Fsp3) is 0.550. The van der Waals surface area contributed by atoms with Crippen LogP contribution in [0, 0.1) is 11.3 Å². The number of rotatable bonds is 4. The molecule has 2 saturated carbocycles. The lowest BCUT2D eigenvalue weighted by Crippen LogP contribution is -2.44. The first-order chi connectivity index (χ1) is 12.6. The molecule has 0 radical (unpaired) electrons. The molecule has 0 saturated heterocycles. The maximum Gasteiger partial charge on any atom is 0.242 e. The molecule has 1 amide bonds. The number of Topliss-reactive ketones (excluding diaryl/α,β-unsaturated/α-hetero) is 2. The molecule has 2 fully saturated rings. The molecule has 27 heavy (non-hydrogen) atoms. The number of carbonyl (C=O) groups is 3. The Balaban J connectivity index is 1.77. The Morgan fingerprint density at radius 2 is 1.67 bits per heavy atom. The van der Waals surface area contributed by atoms with Crippen LogP contribution in [0.15, 0.2) is 29.2 Å². The molecule has 1 aromatic rings. The highest BCUT2D eigenvalue weighted by Gasteiger charge is 2.43. The summed E-state index contributed by atoms with van der Waals surface area (Å²) in [5.74, 6) is -2.77. The molecule has 0 atom stereocenters.